The largest absolute Gasteiger partial charge is 0.443 e. The van der Waals surface area contributed by atoms with Gasteiger partial charge in [0, 0.05) is 12.5 Å². The maximum atomic E-state index is 5.23. The minimum absolute atomic E-state index is 0.375. The van der Waals surface area contributed by atoms with Gasteiger partial charge in [-0.25, -0.2) is 0 Å². The van der Waals surface area contributed by atoms with Gasteiger partial charge >= 0.3 is 0 Å². The zero-order valence-corrected chi connectivity index (χ0v) is 9.47. The van der Waals surface area contributed by atoms with E-state index in [1.54, 1.807) is 8.05 Å². The fraction of sp³-hybridized carbons (Fsp3) is 0.500. The molecular formula is C12H19BO. The molecule has 0 spiro atoms. The Bertz CT molecular complexity index is 278. The lowest BCUT2D eigenvalue weighted by molar-refractivity contribution is 0.237. The third kappa shape index (κ3) is 1.71. The first kappa shape index (κ1) is 11.3. The summed E-state index contributed by atoms with van der Waals surface area (Å²) in [7, 11) is 1.73. The monoisotopic (exact) mass is 190 g/mol. The third-order valence-corrected chi connectivity index (χ3v) is 3.12. The van der Waals surface area contributed by atoms with Crippen LogP contribution in [0, 0.1) is 17.8 Å². The minimum atomic E-state index is 0.375. The molecule has 1 aliphatic carbocycles. The SMILES string of the molecule is BOCC1C(=C)C(=C)C(=C)C1C(C)C. The maximum Gasteiger partial charge on any atom is 0.257 e. The molecule has 1 rings (SSSR count). The molecule has 2 heteroatoms. The molecule has 1 aliphatic rings. The van der Waals surface area contributed by atoms with Crippen molar-refractivity contribution in [3.8, 4) is 0 Å². The first-order valence-electron chi connectivity index (χ1n) is 5.06. The van der Waals surface area contributed by atoms with Gasteiger partial charge in [-0.3, -0.25) is 0 Å². The van der Waals surface area contributed by atoms with Gasteiger partial charge in [0.2, 0.25) is 0 Å². The van der Waals surface area contributed by atoms with Gasteiger partial charge in [0.25, 0.3) is 8.05 Å². The normalized spacial score (nSPS) is 27.8. The predicted molar refractivity (Wildman–Crippen MR) is 63.7 cm³/mol. The zero-order valence-electron chi connectivity index (χ0n) is 9.47. The van der Waals surface area contributed by atoms with E-state index in [2.05, 4.69) is 33.6 Å². The highest BCUT2D eigenvalue weighted by molar-refractivity contribution is 5.98. The van der Waals surface area contributed by atoms with Crippen molar-refractivity contribution in [1.82, 2.24) is 0 Å². The molecule has 2 unspecified atom stereocenters. The molecule has 1 nitrogen and oxygen atoms in total. The van der Waals surface area contributed by atoms with Crippen LogP contribution in [-0.2, 0) is 4.65 Å². The molecule has 1 fully saturated rings. The van der Waals surface area contributed by atoms with E-state index in [0.717, 1.165) is 23.3 Å². The molecule has 0 N–H and O–H groups in total. The van der Waals surface area contributed by atoms with Crippen LogP contribution in [0.5, 0.6) is 0 Å². The van der Waals surface area contributed by atoms with Crippen LogP contribution in [0.3, 0.4) is 0 Å². The molecule has 0 aromatic rings. The summed E-state index contributed by atoms with van der Waals surface area (Å²) < 4.78 is 5.23. The molecule has 0 bridgehead atoms. The van der Waals surface area contributed by atoms with Crippen molar-refractivity contribution in [3.63, 3.8) is 0 Å². The molecule has 0 saturated heterocycles. The van der Waals surface area contributed by atoms with Gasteiger partial charge in [0.1, 0.15) is 0 Å². The second kappa shape index (κ2) is 4.18. The maximum absolute atomic E-state index is 5.23. The van der Waals surface area contributed by atoms with Crippen LogP contribution in [0.4, 0.5) is 0 Å². The molecular weight excluding hydrogens is 171 g/mol. The number of hydrogen-bond donors (Lipinski definition) is 0. The zero-order chi connectivity index (χ0) is 10.9. The van der Waals surface area contributed by atoms with Gasteiger partial charge in [-0.05, 0) is 28.6 Å². The number of hydrogen-bond acceptors (Lipinski definition) is 1. The molecule has 0 amide bonds. The quantitative estimate of drug-likeness (QED) is 0.619. The summed E-state index contributed by atoms with van der Waals surface area (Å²) in [6.45, 7) is 17.4. The Labute approximate surface area is 88.0 Å². The van der Waals surface area contributed by atoms with E-state index in [-0.39, 0.29) is 0 Å². The average Bonchev–Trinajstić information content (AvgIpc) is 2.32. The van der Waals surface area contributed by atoms with Crippen molar-refractivity contribution < 1.29 is 4.65 Å². The fourth-order valence-electron chi connectivity index (χ4n) is 2.34. The van der Waals surface area contributed by atoms with Crippen molar-refractivity contribution in [3.05, 3.63) is 36.5 Å². The molecule has 76 valence electrons. The van der Waals surface area contributed by atoms with Gasteiger partial charge in [-0.1, -0.05) is 33.6 Å². The first-order chi connectivity index (χ1) is 6.50. The van der Waals surface area contributed by atoms with Crippen LogP contribution in [0.25, 0.3) is 0 Å². The smallest absolute Gasteiger partial charge is 0.257 e. The molecule has 1 saturated carbocycles. The van der Waals surface area contributed by atoms with Crippen LogP contribution >= 0.6 is 0 Å². The topological polar surface area (TPSA) is 9.23 Å². The van der Waals surface area contributed by atoms with E-state index >= 15 is 0 Å². The summed E-state index contributed by atoms with van der Waals surface area (Å²) >= 11 is 0. The summed E-state index contributed by atoms with van der Waals surface area (Å²) in [6.07, 6.45) is 0. The van der Waals surface area contributed by atoms with Crippen molar-refractivity contribution in [2.45, 2.75) is 13.8 Å². The second-order valence-electron chi connectivity index (χ2n) is 4.36. The van der Waals surface area contributed by atoms with Crippen LogP contribution in [0.2, 0.25) is 0 Å². The highest BCUT2D eigenvalue weighted by Crippen LogP contribution is 2.45. The molecule has 0 heterocycles. The van der Waals surface area contributed by atoms with Crippen LogP contribution in [0.1, 0.15) is 13.8 Å². The molecule has 0 aliphatic heterocycles. The Hall–Kier alpha value is -0.755. The highest BCUT2D eigenvalue weighted by Gasteiger charge is 2.37. The fourth-order valence-corrected chi connectivity index (χ4v) is 2.34. The van der Waals surface area contributed by atoms with Gasteiger partial charge in [0.15, 0.2) is 0 Å². The number of rotatable bonds is 3. The van der Waals surface area contributed by atoms with Crippen molar-refractivity contribution >= 4 is 8.05 Å². The van der Waals surface area contributed by atoms with E-state index in [0.29, 0.717) is 17.8 Å². The van der Waals surface area contributed by atoms with Gasteiger partial charge in [0.05, 0.1) is 0 Å². The lowest BCUT2D eigenvalue weighted by Crippen LogP contribution is -2.20. The summed E-state index contributed by atoms with van der Waals surface area (Å²) in [6, 6.07) is 0. The van der Waals surface area contributed by atoms with E-state index in [1.807, 2.05) is 0 Å². The molecule has 0 aromatic heterocycles. The Morgan fingerprint density at radius 2 is 1.86 bits per heavy atom. The molecule has 0 radical (unpaired) electrons. The van der Waals surface area contributed by atoms with Crippen LogP contribution in [-0.4, -0.2) is 14.7 Å². The highest BCUT2D eigenvalue weighted by atomic mass is 16.4. The Morgan fingerprint density at radius 3 is 2.29 bits per heavy atom. The molecule has 0 aromatic carbocycles. The number of allylic oxidation sites excluding steroid dienone is 2. The third-order valence-electron chi connectivity index (χ3n) is 3.12. The second-order valence-corrected chi connectivity index (χ2v) is 4.36. The standard InChI is InChI=1S/C12H19BO/c1-7(2)12-10(5)8(3)9(4)11(12)6-14-13/h7,11-12H,3-6,13H2,1-2H3. The molecule has 14 heavy (non-hydrogen) atoms. The summed E-state index contributed by atoms with van der Waals surface area (Å²) in [5.41, 5.74) is 3.29. The van der Waals surface area contributed by atoms with Gasteiger partial charge in [-0.15, -0.1) is 0 Å². The van der Waals surface area contributed by atoms with Crippen LogP contribution in [0.15, 0.2) is 36.5 Å². The van der Waals surface area contributed by atoms with Crippen molar-refractivity contribution in [2.75, 3.05) is 6.61 Å². The Balaban J connectivity index is 2.95. The van der Waals surface area contributed by atoms with Crippen LogP contribution < -0.4 is 0 Å². The Morgan fingerprint density at radius 1 is 1.29 bits per heavy atom. The minimum Gasteiger partial charge on any atom is -0.443 e. The van der Waals surface area contributed by atoms with E-state index in [9.17, 15) is 0 Å². The van der Waals surface area contributed by atoms with Gasteiger partial charge < -0.3 is 4.65 Å². The molecule has 2 atom stereocenters. The summed E-state index contributed by atoms with van der Waals surface area (Å²) in [4.78, 5) is 0. The summed E-state index contributed by atoms with van der Waals surface area (Å²) in [5.74, 6) is 1.40. The average molecular weight is 190 g/mol. The van der Waals surface area contributed by atoms with E-state index in [4.69, 9.17) is 4.65 Å². The van der Waals surface area contributed by atoms with Gasteiger partial charge in [-0.2, -0.15) is 0 Å². The predicted octanol–water partition coefficient (Wildman–Crippen LogP) is 2.12. The van der Waals surface area contributed by atoms with Crippen molar-refractivity contribution in [1.29, 1.82) is 0 Å². The summed E-state index contributed by atoms with van der Waals surface area (Å²) in [5, 5.41) is 0. The Kier molecular flexibility index (Phi) is 3.38. The lowest BCUT2D eigenvalue weighted by atomic mass is 9.83. The first-order valence-corrected chi connectivity index (χ1v) is 5.06. The lowest BCUT2D eigenvalue weighted by Gasteiger charge is -2.23. The van der Waals surface area contributed by atoms with E-state index in [1.165, 1.54) is 0 Å². The van der Waals surface area contributed by atoms with E-state index < -0.39 is 0 Å². The van der Waals surface area contributed by atoms with Crippen molar-refractivity contribution in [2.24, 2.45) is 17.8 Å².